The van der Waals surface area contributed by atoms with E-state index in [4.69, 9.17) is 13.9 Å². The van der Waals surface area contributed by atoms with Crippen molar-refractivity contribution in [2.24, 2.45) is 0 Å². The van der Waals surface area contributed by atoms with Crippen LogP contribution >= 0.6 is 0 Å². The zero-order valence-electron chi connectivity index (χ0n) is 18.1. The molecule has 1 atom stereocenters. The Hall–Kier alpha value is -4.15. The fraction of sp³-hybridized carbons (Fsp3) is 0.304. The van der Waals surface area contributed by atoms with E-state index in [-0.39, 0.29) is 30.9 Å². The molecule has 0 unspecified atom stereocenters. The Morgan fingerprint density at radius 1 is 0.971 bits per heavy atom. The quantitative estimate of drug-likeness (QED) is 0.566. The number of halogens is 1. The molecule has 2 amide bonds. The Bertz CT molecular complexity index is 1260. The summed E-state index contributed by atoms with van der Waals surface area (Å²) < 4.78 is 30.5. The second-order valence-corrected chi connectivity index (χ2v) is 7.91. The number of nitrogens with zero attached hydrogens (tertiary/aromatic N) is 4. The zero-order valence-corrected chi connectivity index (χ0v) is 18.1. The van der Waals surface area contributed by atoms with E-state index >= 15 is 0 Å². The lowest BCUT2D eigenvalue weighted by Gasteiger charge is -2.37. The minimum Gasteiger partial charge on any atom is -0.485 e. The summed E-state index contributed by atoms with van der Waals surface area (Å²) in [6, 6.07) is 12.5. The molecule has 1 fully saturated rings. The van der Waals surface area contributed by atoms with Crippen LogP contribution in [-0.4, -0.2) is 70.3 Å². The monoisotopic (exact) mass is 468 g/mol. The van der Waals surface area contributed by atoms with Gasteiger partial charge < -0.3 is 23.7 Å². The molecule has 3 heterocycles. The number of para-hydroxylation sites is 2. The molecule has 11 heteroatoms. The first-order chi connectivity index (χ1) is 16.5. The lowest BCUT2D eigenvalue weighted by atomic mass is 10.2. The molecule has 5 rings (SSSR count). The van der Waals surface area contributed by atoms with Crippen molar-refractivity contribution in [2.45, 2.75) is 12.6 Å². The van der Waals surface area contributed by atoms with Gasteiger partial charge in [-0.15, -0.1) is 5.10 Å². The highest BCUT2D eigenvalue weighted by atomic mass is 19.1. The van der Waals surface area contributed by atoms with Gasteiger partial charge >= 0.3 is 5.76 Å². The van der Waals surface area contributed by atoms with Crippen molar-refractivity contribution < 1.29 is 27.9 Å². The molecule has 176 valence electrons. The third-order valence-electron chi connectivity index (χ3n) is 5.71. The second kappa shape index (κ2) is 9.00. The third kappa shape index (κ3) is 4.36. The van der Waals surface area contributed by atoms with Crippen molar-refractivity contribution in [3.63, 3.8) is 0 Å². The van der Waals surface area contributed by atoms with Gasteiger partial charge in [0.1, 0.15) is 19.0 Å². The summed E-state index contributed by atoms with van der Waals surface area (Å²) in [4.78, 5) is 40.9. The van der Waals surface area contributed by atoms with Gasteiger partial charge in [0, 0.05) is 31.7 Å². The molecule has 2 aromatic carbocycles. The van der Waals surface area contributed by atoms with Crippen molar-refractivity contribution in [3.05, 3.63) is 64.9 Å². The van der Waals surface area contributed by atoms with Crippen LogP contribution in [0.25, 0.3) is 11.5 Å². The fourth-order valence-corrected chi connectivity index (χ4v) is 3.86. The molecule has 2 aliphatic heterocycles. The molecule has 0 spiro atoms. The minimum atomic E-state index is -0.781. The largest absolute Gasteiger partial charge is 0.485 e. The van der Waals surface area contributed by atoms with Gasteiger partial charge in [0.25, 0.3) is 5.91 Å². The fourth-order valence-electron chi connectivity index (χ4n) is 3.86. The summed E-state index contributed by atoms with van der Waals surface area (Å²) in [7, 11) is 0. The number of aromatic nitrogens is 2. The van der Waals surface area contributed by atoms with E-state index in [2.05, 4.69) is 5.10 Å². The van der Waals surface area contributed by atoms with E-state index in [1.807, 2.05) is 12.1 Å². The van der Waals surface area contributed by atoms with Crippen molar-refractivity contribution in [3.8, 4) is 23.0 Å². The smallest absolute Gasteiger partial charge is 0.437 e. The van der Waals surface area contributed by atoms with Gasteiger partial charge in [-0.05, 0) is 36.4 Å². The Kier molecular flexibility index (Phi) is 5.74. The van der Waals surface area contributed by atoms with E-state index < -0.39 is 17.7 Å². The average Bonchev–Trinajstić information content (AvgIpc) is 3.23. The number of piperazine rings is 1. The van der Waals surface area contributed by atoms with Gasteiger partial charge in [0.2, 0.25) is 17.9 Å². The van der Waals surface area contributed by atoms with Crippen molar-refractivity contribution in [2.75, 3.05) is 32.8 Å². The molecule has 1 aromatic heterocycles. The molecular weight excluding hydrogens is 447 g/mol. The van der Waals surface area contributed by atoms with E-state index in [9.17, 15) is 18.8 Å². The maximum Gasteiger partial charge on any atom is 0.437 e. The van der Waals surface area contributed by atoms with E-state index in [1.54, 1.807) is 21.9 Å². The molecule has 2 aliphatic rings. The number of fused-ring (bicyclic) bond motifs is 1. The van der Waals surface area contributed by atoms with E-state index in [0.717, 1.165) is 4.68 Å². The Balaban J connectivity index is 1.16. The van der Waals surface area contributed by atoms with Crippen molar-refractivity contribution in [1.82, 2.24) is 19.6 Å². The van der Waals surface area contributed by atoms with Crippen LogP contribution in [0.2, 0.25) is 0 Å². The SMILES string of the molecule is O=C(Cn1nc(-c2ccc(F)cc2)oc1=O)N1CCN(C(=O)[C@H]2COc3ccccc3O2)CC1. The lowest BCUT2D eigenvalue weighted by molar-refractivity contribution is -0.146. The van der Waals surface area contributed by atoms with E-state index in [1.165, 1.54) is 24.3 Å². The van der Waals surface area contributed by atoms with Gasteiger partial charge in [-0.2, -0.15) is 4.68 Å². The number of hydrogen-bond acceptors (Lipinski definition) is 7. The molecule has 10 nitrogen and oxygen atoms in total. The molecular formula is C23H21FN4O6. The lowest BCUT2D eigenvalue weighted by Crippen LogP contribution is -2.55. The van der Waals surface area contributed by atoms with Crippen LogP contribution in [0.3, 0.4) is 0 Å². The summed E-state index contributed by atoms with van der Waals surface area (Å²) >= 11 is 0. The Morgan fingerprint density at radius 3 is 2.38 bits per heavy atom. The highest BCUT2D eigenvalue weighted by Gasteiger charge is 2.33. The van der Waals surface area contributed by atoms with Crippen LogP contribution in [0.15, 0.2) is 57.7 Å². The summed E-state index contributed by atoms with van der Waals surface area (Å²) in [5.41, 5.74) is 0.424. The van der Waals surface area contributed by atoms with E-state index in [0.29, 0.717) is 43.2 Å². The number of ether oxygens (including phenoxy) is 2. The highest BCUT2D eigenvalue weighted by Crippen LogP contribution is 2.31. The number of carbonyl (C=O) groups is 2. The van der Waals surface area contributed by atoms with Crippen LogP contribution in [0.5, 0.6) is 11.5 Å². The molecule has 0 saturated carbocycles. The predicted molar refractivity (Wildman–Crippen MR) is 116 cm³/mol. The van der Waals surface area contributed by atoms with Crippen molar-refractivity contribution >= 4 is 11.8 Å². The molecule has 34 heavy (non-hydrogen) atoms. The number of carbonyl (C=O) groups excluding carboxylic acids is 2. The van der Waals surface area contributed by atoms with Gasteiger partial charge in [-0.25, -0.2) is 9.18 Å². The summed E-state index contributed by atoms with van der Waals surface area (Å²) in [6.07, 6.45) is -0.740. The number of benzene rings is 2. The topological polar surface area (TPSA) is 107 Å². The molecule has 1 saturated heterocycles. The number of rotatable bonds is 4. The second-order valence-electron chi connectivity index (χ2n) is 7.91. The molecule has 0 N–H and O–H groups in total. The predicted octanol–water partition coefficient (Wildman–Crippen LogP) is 1.15. The highest BCUT2D eigenvalue weighted by molar-refractivity contribution is 5.82. The van der Waals surface area contributed by atoms with Gasteiger partial charge in [0.15, 0.2) is 11.5 Å². The standard InChI is InChI=1S/C23H21FN4O6/c24-16-7-5-15(6-8-16)21-25-28(23(31)34-21)13-20(29)26-9-11-27(12-10-26)22(30)19-14-32-17-3-1-2-4-18(17)33-19/h1-8,19H,9-14H2/t19-/m1/s1. The first-order valence-corrected chi connectivity index (χ1v) is 10.8. The van der Waals surface area contributed by atoms with Crippen LogP contribution < -0.4 is 15.2 Å². The van der Waals surface area contributed by atoms with Gasteiger partial charge in [-0.1, -0.05) is 12.1 Å². The van der Waals surface area contributed by atoms with Crippen molar-refractivity contribution in [1.29, 1.82) is 0 Å². The Morgan fingerprint density at radius 2 is 1.65 bits per heavy atom. The minimum absolute atomic E-state index is 0.00416. The normalized spacial score (nSPS) is 17.5. The number of hydrogen-bond donors (Lipinski definition) is 0. The molecule has 0 radical (unpaired) electrons. The molecule has 3 aromatic rings. The maximum absolute atomic E-state index is 13.1. The maximum atomic E-state index is 13.1. The molecule has 0 bridgehead atoms. The first-order valence-electron chi connectivity index (χ1n) is 10.8. The zero-order chi connectivity index (χ0) is 23.7. The van der Waals surface area contributed by atoms with Crippen LogP contribution in [-0.2, 0) is 16.1 Å². The summed E-state index contributed by atoms with van der Waals surface area (Å²) in [6.45, 7) is 1.12. The third-order valence-corrected chi connectivity index (χ3v) is 5.71. The number of amides is 2. The molecule has 0 aliphatic carbocycles. The average molecular weight is 468 g/mol. The van der Waals surface area contributed by atoms with Gasteiger partial charge in [0.05, 0.1) is 0 Å². The van der Waals surface area contributed by atoms with Gasteiger partial charge in [-0.3, -0.25) is 9.59 Å². The van der Waals surface area contributed by atoms with Crippen LogP contribution in [0.4, 0.5) is 4.39 Å². The van der Waals surface area contributed by atoms with Crippen LogP contribution in [0.1, 0.15) is 0 Å². The Labute approximate surface area is 193 Å². The summed E-state index contributed by atoms with van der Waals surface area (Å²) in [5.74, 6) is -0.587. The summed E-state index contributed by atoms with van der Waals surface area (Å²) in [5, 5.41) is 4.04. The van der Waals surface area contributed by atoms with Crippen LogP contribution in [0, 0.1) is 5.82 Å². The first kappa shape index (κ1) is 21.7.